The van der Waals surface area contributed by atoms with Gasteiger partial charge in [0.05, 0.1) is 7.11 Å². The molecule has 0 amide bonds. The molecule has 0 N–H and O–H groups in total. The van der Waals surface area contributed by atoms with E-state index in [1.165, 1.54) is 20.0 Å². The van der Waals surface area contributed by atoms with Crippen LogP contribution in [-0.4, -0.2) is 19.0 Å². The minimum absolute atomic E-state index is 0.0179. The fraction of sp³-hybridized carbons (Fsp3) is 0.762. The lowest BCUT2D eigenvalue weighted by Crippen LogP contribution is -2.12. The zero-order valence-corrected chi connectivity index (χ0v) is 16.2. The summed E-state index contributed by atoms with van der Waals surface area (Å²) in [4.78, 5) is 10.5. The Morgan fingerprint density at radius 1 is 1.20 bits per heavy atom. The van der Waals surface area contributed by atoms with Crippen molar-refractivity contribution < 1.29 is 18.3 Å². The molecule has 0 aromatic heterocycles. The lowest BCUT2D eigenvalue weighted by Gasteiger charge is -2.12. The highest BCUT2D eigenvalue weighted by atomic mass is 19.3. The normalized spacial score (nSPS) is 15.6. The Bertz CT molecular complexity index is 383. The van der Waals surface area contributed by atoms with Gasteiger partial charge in [-0.1, -0.05) is 50.8 Å². The lowest BCUT2D eigenvalue weighted by atomic mass is 10.0. The van der Waals surface area contributed by atoms with Crippen LogP contribution in [-0.2, 0) is 9.53 Å². The van der Waals surface area contributed by atoms with Crippen LogP contribution in [0.2, 0.25) is 0 Å². The summed E-state index contributed by atoms with van der Waals surface area (Å²) < 4.78 is 31.1. The summed E-state index contributed by atoms with van der Waals surface area (Å²) in [6.45, 7) is 4.00. The fourth-order valence-electron chi connectivity index (χ4n) is 2.75. The maximum atomic E-state index is 13.3. The van der Waals surface area contributed by atoms with Crippen LogP contribution in [0.3, 0.4) is 0 Å². The average molecular weight is 359 g/mol. The van der Waals surface area contributed by atoms with Gasteiger partial charge in [-0.25, -0.2) is 8.78 Å². The van der Waals surface area contributed by atoms with E-state index >= 15 is 0 Å². The Morgan fingerprint density at radius 3 is 2.44 bits per heavy atom. The van der Waals surface area contributed by atoms with Crippen LogP contribution < -0.4 is 0 Å². The minimum atomic E-state index is -2.57. The molecule has 0 atom stereocenters. The number of rotatable bonds is 10. The molecule has 1 saturated carbocycles. The van der Waals surface area contributed by atoms with Gasteiger partial charge in [0, 0.05) is 12.8 Å². The Balaban J connectivity index is 0.000000504. The summed E-state index contributed by atoms with van der Waals surface area (Å²) in [5, 5.41) is 0. The molecule has 146 valence electrons. The topological polar surface area (TPSA) is 26.3 Å². The fourth-order valence-corrected chi connectivity index (χ4v) is 2.75. The monoisotopic (exact) mass is 358 g/mol. The van der Waals surface area contributed by atoms with E-state index in [-0.39, 0.29) is 12.4 Å². The number of hydrogen-bond donors (Lipinski definition) is 0. The third-order valence-electron chi connectivity index (χ3n) is 4.34. The van der Waals surface area contributed by atoms with E-state index < -0.39 is 5.92 Å². The van der Waals surface area contributed by atoms with Crippen LogP contribution in [0.5, 0.6) is 0 Å². The summed E-state index contributed by atoms with van der Waals surface area (Å²) in [7, 11) is 1.41. The van der Waals surface area contributed by atoms with Crippen LogP contribution in [0.1, 0.15) is 84.5 Å². The van der Waals surface area contributed by atoms with E-state index in [4.69, 9.17) is 0 Å². The first kappa shape index (κ1) is 23.8. The molecule has 0 bridgehead atoms. The molecule has 0 radical (unpaired) electrons. The SMILES string of the molecule is C/C=C\CCCC(=O)OC.CCCCCC(F)(F)/C=C/C1CCCC1. The van der Waals surface area contributed by atoms with Crippen LogP contribution >= 0.6 is 0 Å². The summed E-state index contributed by atoms with van der Waals surface area (Å²) in [6.07, 6.45) is 16.5. The van der Waals surface area contributed by atoms with Crippen LogP contribution in [0, 0.1) is 5.92 Å². The van der Waals surface area contributed by atoms with Gasteiger partial charge in [0.1, 0.15) is 0 Å². The number of alkyl halides is 2. The Hall–Kier alpha value is -1.19. The number of halogens is 2. The molecule has 1 aliphatic carbocycles. The molecule has 4 heteroatoms. The van der Waals surface area contributed by atoms with E-state index in [0.29, 0.717) is 18.8 Å². The molecule has 0 aromatic rings. The number of hydrogen-bond acceptors (Lipinski definition) is 2. The van der Waals surface area contributed by atoms with Crippen molar-refractivity contribution in [1.29, 1.82) is 0 Å². The van der Waals surface area contributed by atoms with Gasteiger partial charge in [0.2, 0.25) is 0 Å². The molecule has 25 heavy (non-hydrogen) atoms. The van der Waals surface area contributed by atoms with E-state index in [2.05, 4.69) is 4.74 Å². The number of unbranched alkanes of at least 4 members (excludes halogenated alkanes) is 3. The van der Waals surface area contributed by atoms with Crippen LogP contribution in [0.4, 0.5) is 8.78 Å². The van der Waals surface area contributed by atoms with E-state index in [1.807, 2.05) is 26.0 Å². The summed E-state index contributed by atoms with van der Waals surface area (Å²) >= 11 is 0. The largest absolute Gasteiger partial charge is 0.469 e. The molecule has 0 aromatic carbocycles. The number of carbonyl (C=O) groups excluding carboxylic acids is 1. The Morgan fingerprint density at radius 2 is 1.88 bits per heavy atom. The van der Waals surface area contributed by atoms with Crippen molar-refractivity contribution in [2.75, 3.05) is 7.11 Å². The summed E-state index contributed by atoms with van der Waals surface area (Å²) in [6, 6.07) is 0. The number of carbonyl (C=O) groups is 1. The molecule has 0 spiro atoms. The second kappa shape index (κ2) is 15.1. The van der Waals surface area contributed by atoms with Crippen molar-refractivity contribution in [1.82, 2.24) is 0 Å². The van der Waals surface area contributed by atoms with Gasteiger partial charge in [0.25, 0.3) is 5.92 Å². The highest BCUT2D eigenvalue weighted by Gasteiger charge is 2.24. The predicted molar refractivity (Wildman–Crippen MR) is 101 cm³/mol. The van der Waals surface area contributed by atoms with E-state index in [1.54, 1.807) is 6.08 Å². The number of esters is 1. The maximum Gasteiger partial charge on any atom is 0.305 e. The quantitative estimate of drug-likeness (QED) is 0.242. The standard InChI is InChI=1S/C13H22F2.C8H14O2/c1-2-3-6-10-13(14,15)11-9-12-7-4-5-8-12;1-3-4-5-6-7-8(9)10-2/h9,11-12H,2-8,10H2,1H3;3-4H,5-7H2,1-2H3/b11-9+;4-3-. The van der Waals surface area contributed by atoms with Gasteiger partial charge in [-0.2, -0.15) is 0 Å². The molecular weight excluding hydrogens is 322 g/mol. The second-order valence-electron chi connectivity index (χ2n) is 6.66. The first-order chi connectivity index (χ1) is 11.9. The van der Waals surface area contributed by atoms with E-state index in [9.17, 15) is 13.6 Å². The molecule has 1 aliphatic rings. The van der Waals surface area contributed by atoms with Gasteiger partial charge < -0.3 is 4.74 Å². The zero-order chi connectivity index (χ0) is 19.0. The second-order valence-corrected chi connectivity index (χ2v) is 6.66. The van der Waals surface area contributed by atoms with Crippen LogP contribution in [0.25, 0.3) is 0 Å². The average Bonchev–Trinajstić information content (AvgIpc) is 3.11. The van der Waals surface area contributed by atoms with Gasteiger partial charge in [-0.3, -0.25) is 4.79 Å². The van der Waals surface area contributed by atoms with Gasteiger partial charge in [-0.15, -0.1) is 0 Å². The molecule has 1 rings (SSSR count). The lowest BCUT2D eigenvalue weighted by molar-refractivity contribution is -0.140. The van der Waals surface area contributed by atoms with Crippen LogP contribution in [0.15, 0.2) is 24.3 Å². The molecular formula is C21H36F2O2. The maximum absolute atomic E-state index is 13.3. The number of allylic oxidation sites excluding steroid dienone is 4. The highest BCUT2D eigenvalue weighted by Crippen LogP contribution is 2.29. The first-order valence-electron chi connectivity index (χ1n) is 9.70. The minimum Gasteiger partial charge on any atom is -0.469 e. The number of ether oxygens (including phenoxy) is 1. The third-order valence-corrected chi connectivity index (χ3v) is 4.34. The van der Waals surface area contributed by atoms with Gasteiger partial charge >= 0.3 is 5.97 Å². The Labute approximate surface area is 152 Å². The molecule has 0 heterocycles. The van der Waals surface area contributed by atoms with Crippen molar-refractivity contribution in [3.63, 3.8) is 0 Å². The van der Waals surface area contributed by atoms with Crippen molar-refractivity contribution in [2.45, 2.75) is 90.4 Å². The molecule has 0 aliphatic heterocycles. The van der Waals surface area contributed by atoms with Gasteiger partial charge in [0.15, 0.2) is 0 Å². The third kappa shape index (κ3) is 14.8. The summed E-state index contributed by atoms with van der Waals surface area (Å²) in [5.74, 6) is -2.27. The highest BCUT2D eigenvalue weighted by molar-refractivity contribution is 5.68. The summed E-state index contributed by atoms with van der Waals surface area (Å²) in [5.41, 5.74) is 0. The Kier molecular flexibility index (Phi) is 14.4. The van der Waals surface area contributed by atoms with Crippen molar-refractivity contribution in [3.8, 4) is 0 Å². The number of methoxy groups -OCH3 is 1. The molecule has 0 unspecified atom stereocenters. The molecule has 0 saturated heterocycles. The molecule has 1 fully saturated rings. The van der Waals surface area contributed by atoms with Crippen molar-refractivity contribution in [3.05, 3.63) is 24.3 Å². The van der Waals surface area contributed by atoms with E-state index in [0.717, 1.165) is 44.6 Å². The zero-order valence-electron chi connectivity index (χ0n) is 16.2. The van der Waals surface area contributed by atoms with Crippen molar-refractivity contribution in [2.24, 2.45) is 5.92 Å². The smallest absolute Gasteiger partial charge is 0.305 e. The van der Waals surface area contributed by atoms with Gasteiger partial charge in [-0.05, 0) is 51.0 Å². The first-order valence-corrected chi connectivity index (χ1v) is 9.70. The predicted octanol–water partition coefficient (Wildman–Crippen LogP) is 6.85. The van der Waals surface area contributed by atoms with Crippen molar-refractivity contribution >= 4 is 5.97 Å². The molecule has 2 nitrogen and oxygen atoms in total.